The van der Waals surface area contributed by atoms with Gasteiger partial charge in [-0.3, -0.25) is 0 Å². The summed E-state index contributed by atoms with van der Waals surface area (Å²) in [5, 5.41) is 20.8. The number of phenolic OH excluding ortho intramolecular Hbond substituents is 2. The Morgan fingerprint density at radius 1 is 1.17 bits per heavy atom. The molecule has 2 aromatic carbocycles. The van der Waals surface area contributed by atoms with Crippen LogP contribution in [-0.4, -0.2) is 10.2 Å². The van der Waals surface area contributed by atoms with E-state index in [9.17, 15) is 10.2 Å². The Morgan fingerprint density at radius 2 is 2.00 bits per heavy atom. The SMILES string of the molecule is CC(C)=CCc1c(O)ccc2c3c(oc12)-c1ccc(O)cc1OC3. The monoisotopic (exact) mass is 322 g/mol. The number of aromatic hydroxyl groups is 2. The zero-order chi connectivity index (χ0) is 16.8. The van der Waals surface area contributed by atoms with E-state index < -0.39 is 0 Å². The number of ether oxygens (including phenoxy) is 1. The van der Waals surface area contributed by atoms with Crippen LogP contribution in [0.5, 0.6) is 17.2 Å². The molecule has 24 heavy (non-hydrogen) atoms. The lowest BCUT2D eigenvalue weighted by molar-refractivity contribution is 0.298. The highest BCUT2D eigenvalue weighted by Crippen LogP contribution is 2.45. The normalized spacial score (nSPS) is 12.4. The molecular weight excluding hydrogens is 304 g/mol. The summed E-state index contributed by atoms with van der Waals surface area (Å²) in [5.74, 6) is 1.75. The van der Waals surface area contributed by atoms with Crippen LogP contribution in [0, 0.1) is 0 Å². The summed E-state index contributed by atoms with van der Waals surface area (Å²) in [7, 11) is 0. The van der Waals surface area contributed by atoms with Crippen LogP contribution in [0.4, 0.5) is 0 Å². The molecule has 1 aromatic heterocycles. The molecule has 1 aliphatic heterocycles. The highest BCUT2D eigenvalue weighted by Gasteiger charge is 2.26. The Bertz CT molecular complexity index is 975. The average Bonchev–Trinajstić information content (AvgIpc) is 2.92. The van der Waals surface area contributed by atoms with Gasteiger partial charge in [-0.05, 0) is 44.5 Å². The van der Waals surface area contributed by atoms with Crippen LogP contribution in [-0.2, 0) is 13.0 Å². The van der Waals surface area contributed by atoms with Crippen LogP contribution >= 0.6 is 0 Å². The molecule has 0 spiro atoms. The average molecular weight is 322 g/mol. The van der Waals surface area contributed by atoms with Crippen molar-refractivity contribution in [1.82, 2.24) is 0 Å². The molecule has 0 bridgehead atoms. The van der Waals surface area contributed by atoms with Crippen LogP contribution < -0.4 is 4.74 Å². The number of fused-ring (bicyclic) bond motifs is 5. The van der Waals surface area contributed by atoms with Crippen molar-refractivity contribution < 1.29 is 19.4 Å². The van der Waals surface area contributed by atoms with E-state index in [2.05, 4.69) is 6.08 Å². The first-order valence-electron chi connectivity index (χ1n) is 7.90. The van der Waals surface area contributed by atoms with E-state index in [1.54, 1.807) is 24.3 Å². The van der Waals surface area contributed by atoms with Crippen molar-refractivity contribution in [1.29, 1.82) is 0 Å². The predicted molar refractivity (Wildman–Crippen MR) is 92.4 cm³/mol. The van der Waals surface area contributed by atoms with Crippen molar-refractivity contribution in [2.45, 2.75) is 26.9 Å². The maximum atomic E-state index is 10.3. The van der Waals surface area contributed by atoms with Crippen molar-refractivity contribution in [3.8, 4) is 28.6 Å². The fourth-order valence-corrected chi connectivity index (χ4v) is 3.09. The second kappa shape index (κ2) is 5.34. The Labute approximate surface area is 139 Å². The number of allylic oxidation sites excluding steroid dienone is 2. The number of furan rings is 1. The topological polar surface area (TPSA) is 62.8 Å². The molecule has 3 aromatic rings. The van der Waals surface area contributed by atoms with Crippen molar-refractivity contribution in [3.05, 3.63) is 53.1 Å². The summed E-state index contributed by atoms with van der Waals surface area (Å²) in [4.78, 5) is 0. The predicted octanol–water partition coefficient (Wildman–Crippen LogP) is 4.91. The summed E-state index contributed by atoms with van der Waals surface area (Å²) in [6.45, 7) is 4.44. The standard InChI is InChI=1S/C20H18O4/c1-11(2)3-5-14-17(22)8-7-13-16-10-23-18-9-12(21)4-6-15(18)20(16)24-19(13)14/h3-4,6-9,21-22H,5,10H2,1-2H3. The van der Waals surface area contributed by atoms with Gasteiger partial charge in [-0.15, -0.1) is 0 Å². The smallest absolute Gasteiger partial charge is 0.145 e. The quantitative estimate of drug-likeness (QED) is 0.658. The first kappa shape index (κ1) is 14.7. The van der Waals surface area contributed by atoms with Crippen molar-refractivity contribution >= 4 is 11.0 Å². The molecule has 0 aliphatic carbocycles. The van der Waals surface area contributed by atoms with Crippen LogP contribution in [0.15, 0.2) is 46.4 Å². The molecule has 0 radical (unpaired) electrons. The summed E-state index contributed by atoms with van der Waals surface area (Å²) < 4.78 is 11.9. The minimum absolute atomic E-state index is 0.162. The summed E-state index contributed by atoms with van der Waals surface area (Å²) in [6.07, 6.45) is 2.68. The van der Waals surface area contributed by atoms with E-state index in [0.29, 0.717) is 24.4 Å². The van der Waals surface area contributed by atoms with Crippen LogP contribution in [0.25, 0.3) is 22.3 Å². The van der Waals surface area contributed by atoms with E-state index in [-0.39, 0.29) is 11.5 Å². The van der Waals surface area contributed by atoms with Gasteiger partial charge in [-0.2, -0.15) is 0 Å². The molecule has 0 unspecified atom stereocenters. The number of benzene rings is 2. The molecule has 1 aliphatic rings. The number of hydrogen-bond acceptors (Lipinski definition) is 4. The molecule has 2 heterocycles. The van der Waals surface area contributed by atoms with Crippen LogP contribution in [0.3, 0.4) is 0 Å². The Morgan fingerprint density at radius 3 is 2.79 bits per heavy atom. The molecule has 122 valence electrons. The second-order valence-corrected chi connectivity index (χ2v) is 6.30. The van der Waals surface area contributed by atoms with E-state index in [1.165, 1.54) is 5.57 Å². The molecule has 0 amide bonds. The third-order valence-electron chi connectivity index (χ3n) is 4.34. The van der Waals surface area contributed by atoms with Gasteiger partial charge in [0.15, 0.2) is 0 Å². The Kier molecular flexibility index (Phi) is 3.27. The fourth-order valence-electron chi connectivity index (χ4n) is 3.09. The van der Waals surface area contributed by atoms with Crippen LogP contribution in [0.2, 0.25) is 0 Å². The van der Waals surface area contributed by atoms with Gasteiger partial charge in [-0.25, -0.2) is 0 Å². The fraction of sp³-hybridized carbons (Fsp3) is 0.200. The molecule has 2 N–H and O–H groups in total. The lowest BCUT2D eigenvalue weighted by Gasteiger charge is -2.16. The van der Waals surface area contributed by atoms with Gasteiger partial charge in [0.2, 0.25) is 0 Å². The van der Waals surface area contributed by atoms with E-state index in [0.717, 1.165) is 27.8 Å². The van der Waals surface area contributed by atoms with Crippen molar-refractivity contribution in [3.63, 3.8) is 0 Å². The van der Waals surface area contributed by atoms with Gasteiger partial charge in [0, 0.05) is 22.6 Å². The van der Waals surface area contributed by atoms with E-state index in [1.807, 2.05) is 19.9 Å². The van der Waals surface area contributed by atoms with Gasteiger partial charge >= 0.3 is 0 Å². The van der Waals surface area contributed by atoms with Crippen molar-refractivity contribution in [2.24, 2.45) is 0 Å². The number of rotatable bonds is 2. The highest BCUT2D eigenvalue weighted by molar-refractivity contribution is 5.93. The molecule has 4 heteroatoms. The molecule has 0 saturated carbocycles. The van der Waals surface area contributed by atoms with Gasteiger partial charge < -0.3 is 19.4 Å². The molecule has 4 rings (SSSR count). The van der Waals surface area contributed by atoms with Gasteiger partial charge in [0.25, 0.3) is 0 Å². The molecular formula is C20H18O4. The van der Waals surface area contributed by atoms with Crippen molar-refractivity contribution in [2.75, 3.05) is 0 Å². The molecule has 4 nitrogen and oxygen atoms in total. The molecule has 0 atom stereocenters. The van der Waals surface area contributed by atoms with E-state index >= 15 is 0 Å². The molecule has 0 fully saturated rings. The zero-order valence-corrected chi connectivity index (χ0v) is 13.6. The zero-order valence-electron chi connectivity index (χ0n) is 13.6. The van der Waals surface area contributed by atoms with Gasteiger partial charge in [0.05, 0.1) is 5.56 Å². The minimum Gasteiger partial charge on any atom is -0.508 e. The Balaban J connectivity index is 1.95. The number of phenols is 2. The first-order chi connectivity index (χ1) is 11.5. The highest BCUT2D eigenvalue weighted by atomic mass is 16.5. The maximum absolute atomic E-state index is 10.3. The van der Waals surface area contributed by atoms with Gasteiger partial charge in [-0.1, -0.05) is 11.6 Å². The lowest BCUT2D eigenvalue weighted by Crippen LogP contribution is -2.03. The second-order valence-electron chi connectivity index (χ2n) is 6.30. The Hall–Kier alpha value is -2.88. The third-order valence-corrected chi connectivity index (χ3v) is 4.34. The van der Waals surface area contributed by atoms with E-state index in [4.69, 9.17) is 9.15 Å². The third kappa shape index (κ3) is 2.22. The first-order valence-corrected chi connectivity index (χ1v) is 7.90. The summed E-state index contributed by atoms with van der Waals surface area (Å²) >= 11 is 0. The summed E-state index contributed by atoms with van der Waals surface area (Å²) in [5.41, 5.74) is 4.46. The minimum atomic E-state index is 0.162. The largest absolute Gasteiger partial charge is 0.508 e. The maximum Gasteiger partial charge on any atom is 0.145 e. The lowest BCUT2D eigenvalue weighted by atomic mass is 10.0. The number of hydrogen-bond donors (Lipinski definition) is 2. The summed E-state index contributed by atoms with van der Waals surface area (Å²) in [6, 6.07) is 8.58. The van der Waals surface area contributed by atoms with Gasteiger partial charge in [0.1, 0.15) is 35.2 Å². The van der Waals surface area contributed by atoms with Crippen LogP contribution in [0.1, 0.15) is 25.0 Å². The molecule has 0 saturated heterocycles.